The first kappa shape index (κ1) is 17.0. The van der Waals surface area contributed by atoms with E-state index in [2.05, 4.69) is 45.1 Å². The van der Waals surface area contributed by atoms with Crippen LogP contribution in [0.15, 0.2) is 24.3 Å². The van der Waals surface area contributed by atoms with Crippen molar-refractivity contribution in [2.24, 2.45) is 5.41 Å². The van der Waals surface area contributed by atoms with Gasteiger partial charge in [-0.3, -0.25) is 0 Å². The molecule has 20 heavy (non-hydrogen) atoms. The normalized spacial score (nSPS) is 13.2. The Morgan fingerprint density at radius 1 is 1.15 bits per heavy atom. The fourth-order valence-electron chi connectivity index (χ4n) is 2.01. The molecule has 0 aliphatic rings. The number of hydrogen-bond donors (Lipinski definition) is 1. The Morgan fingerprint density at radius 2 is 1.80 bits per heavy atom. The van der Waals surface area contributed by atoms with Gasteiger partial charge in [-0.1, -0.05) is 39.8 Å². The maximum atomic E-state index is 5.91. The zero-order chi connectivity index (χ0) is 15.0. The van der Waals surface area contributed by atoms with Gasteiger partial charge in [0.05, 0.1) is 6.61 Å². The molecule has 0 bridgehead atoms. The van der Waals surface area contributed by atoms with Crippen LogP contribution in [-0.2, 0) is 11.2 Å². The molecule has 1 aromatic rings. The lowest BCUT2D eigenvalue weighted by Gasteiger charge is -2.31. The molecule has 0 aliphatic carbocycles. The molecule has 3 nitrogen and oxygen atoms in total. The van der Waals surface area contributed by atoms with E-state index in [4.69, 9.17) is 9.47 Å². The van der Waals surface area contributed by atoms with Gasteiger partial charge in [0.15, 0.2) is 0 Å². The van der Waals surface area contributed by atoms with E-state index in [1.807, 2.05) is 12.1 Å². The number of likely N-dealkylation sites (N-methyl/N-ethyl adjacent to an activating group) is 1. The summed E-state index contributed by atoms with van der Waals surface area (Å²) in [6.45, 7) is 11.2. The van der Waals surface area contributed by atoms with E-state index in [0.717, 1.165) is 25.3 Å². The Balaban J connectivity index is 2.51. The van der Waals surface area contributed by atoms with Crippen LogP contribution < -0.4 is 10.1 Å². The largest absolute Gasteiger partial charge is 0.492 e. The Kier molecular flexibility index (Phi) is 7.03. The van der Waals surface area contributed by atoms with Gasteiger partial charge >= 0.3 is 0 Å². The van der Waals surface area contributed by atoms with Crippen LogP contribution in [0.1, 0.15) is 33.3 Å². The molecule has 114 valence electrons. The highest BCUT2D eigenvalue weighted by Gasteiger charge is 2.24. The van der Waals surface area contributed by atoms with Gasteiger partial charge < -0.3 is 14.8 Å². The van der Waals surface area contributed by atoms with Crippen molar-refractivity contribution in [3.8, 4) is 5.75 Å². The van der Waals surface area contributed by atoms with Crippen LogP contribution >= 0.6 is 0 Å². The predicted molar refractivity (Wildman–Crippen MR) is 84.4 cm³/mol. The number of hydrogen-bond acceptors (Lipinski definition) is 3. The summed E-state index contributed by atoms with van der Waals surface area (Å²) in [5, 5.41) is 3.49. The third-order valence-corrected chi connectivity index (χ3v) is 3.43. The number of ether oxygens (including phenoxy) is 2. The van der Waals surface area contributed by atoms with E-state index in [-0.39, 0.29) is 5.41 Å². The molecule has 0 fully saturated rings. The molecule has 1 atom stereocenters. The molecule has 1 aromatic carbocycles. The van der Waals surface area contributed by atoms with Crippen LogP contribution in [0.2, 0.25) is 0 Å². The Bertz CT molecular complexity index is 368. The molecule has 0 saturated carbocycles. The molecular weight excluding hydrogens is 250 g/mol. The second-order valence-corrected chi connectivity index (χ2v) is 6.17. The summed E-state index contributed by atoms with van der Waals surface area (Å²) in [5.74, 6) is 0.929. The second kappa shape index (κ2) is 8.28. The molecule has 3 heteroatoms. The van der Waals surface area contributed by atoms with Crippen LogP contribution in [0.4, 0.5) is 0 Å². The molecule has 1 N–H and O–H groups in total. The van der Waals surface area contributed by atoms with Gasteiger partial charge in [0, 0.05) is 13.2 Å². The summed E-state index contributed by atoms with van der Waals surface area (Å²) in [6, 6.07) is 8.63. The van der Waals surface area contributed by atoms with E-state index in [9.17, 15) is 0 Å². The first-order valence-electron chi connectivity index (χ1n) is 7.41. The van der Waals surface area contributed by atoms with Gasteiger partial charge in [-0.15, -0.1) is 0 Å². The maximum Gasteiger partial charge on any atom is 0.119 e. The van der Waals surface area contributed by atoms with Crippen molar-refractivity contribution in [3.63, 3.8) is 0 Å². The SMILES string of the molecule is CCNC(COc1ccc(CCOC)cc1)C(C)(C)C. The molecule has 1 rings (SSSR count). The topological polar surface area (TPSA) is 30.5 Å². The highest BCUT2D eigenvalue weighted by Crippen LogP contribution is 2.21. The van der Waals surface area contributed by atoms with E-state index in [1.165, 1.54) is 5.56 Å². The zero-order valence-electron chi connectivity index (χ0n) is 13.5. The lowest BCUT2D eigenvalue weighted by atomic mass is 9.87. The molecule has 0 radical (unpaired) electrons. The highest BCUT2D eigenvalue weighted by atomic mass is 16.5. The summed E-state index contributed by atoms with van der Waals surface area (Å²) < 4.78 is 11.0. The van der Waals surface area contributed by atoms with E-state index in [1.54, 1.807) is 7.11 Å². The maximum absolute atomic E-state index is 5.91. The molecule has 0 spiro atoms. The Hall–Kier alpha value is -1.06. The fourth-order valence-corrected chi connectivity index (χ4v) is 2.01. The van der Waals surface area contributed by atoms with E-state index < -0.39 is 0 Å². The van der Waals surface area contributed by atoms with Crippen molar-refractivity contribution < 1.29 is 9.47 Å². The molecule has 0 heterocycles. The fraction of sp³-hybridized carbons (Fsp3) is 0.647. The summed E-state index contributed by atoms with van der Waals surface area (Å²) in [5.41, 5.74) is 1.47. The van der Waals surface area contributed by atoms with Crippen LogP contribution in [0, 0.1) is 5.41 Å². The van der Waals surface area contributed by atoms with Crippen molar-refractivity contribution >= 4 is 0 Å². The van der Waals surface area contributed by atoms with Crippen molar-refractivity contribution in [3.05, 3.63) is 29.8 Å². The predicted octanol–water partition coefficient (Wildman–Crippen LogP) is 3.28. The van der Waals surface area contributed by atoms with Gasteiger partial charge in [-0.05, 0) is 36.1 Å². The first-order valence-corrected chi connectivity index (χ1v) is 7.41. The standard InChI is InChI=1S/C17H29NO2/c1-6-18-16(17(2,3)4)13-20-15-9-7-14(8-10-15)11-12-19-5/h7-10,16,18H,6,11-13H2,1-5H3. The molecule has 0 aliphatic heterocycles. The molecule has 0 amide bonds. The van der Waals surface area contributed by atoms with Gasteiger partial charge in [0.2, 0.25) is 0 Å². The van der Waals surface area contributed by atoms with Crippen molar-refractivity contribution in [1.29, 1.82) is 0 Å². The lowest BCUT2D eigenvalue weighted by molar-refractivity contribution is 0.176. The van der Waals surface area contributed by atoms with Crippen molar-refractivity contribution in [2.45, 2.75) is 40.2 Å². The minimum Gasteiger partial charge on any atom is -0.492 e. The number of rotatable bonds is 8. The number of methoxy groups -OCH3 is 1. The molecule has 0 aromatic heterocycles. The minimum atomic E-state index is 0.189. The average molecular weight is 279 g/mol. The van der Waals surface area contributed by atoms with E-state index >= 15 is 0 Å². The van der Waals surface area contributed by atoms with Crippen LogP contribution in [0.3, 0.4) is 0 Å². The Morgan fingerprint density at radius 3 is 2.30 bits per heavy atom. The zero-order valence-corrected chi connectivity index (χ0v) is 13.5. The minimum absolute atomic E-state index is 0.189. The van der Waals surface area contributed by atoms with Crippen molar-refractivity contribution in [1.82, 2.24) is 5.32 Å². The summed E-state index contributed by atoms with van der Waals surface area (Å²) in [4.78, 5) is 0. The molecule has 1 unspecified atom stereocenters. The van der Waals surface area contributed by atoms with Crippen molar-refractivity contribution in [2.75, 3.05) is 26.9 Å². The first-order chi connectivity index (χ1) is 9.47. The third kappa shape index (κ3) is 5.93. The Labute approximate surface area is 123 Å². The summed E-state index contributed by atoms with van der Waals surface area (Å²) in [6.07, 6.45) is 0.943. The van der Waals surface area contributed by atoms with Gasteiger partial charge in [0.25, 0.3) is 0 Å². The number of nitrogens with one attached hydrogen (secondary N) is 1. The average Bonchev–Trinajstić information content (AvgIpc) is 2.41. The lowest BCUT2D eigenvalue weighted by Crippen LogP contribution is -2.44. The summed E-state index contributed by atoms with van der Waals surface area (Å²) >= 11 is 0. The van der Waals surface area contributed by atoms with E-state index in [0.29, 0.717) is 12.6 Å². The van der Waals surface area contributed by atoms with Crippen LogP contribution in [0.25, 0.3) is 0 Å². The quantitative estimate of drug-likeness (QED) is 0.792. The molecular formula is C17H29NO2. The number of benzene rings is 1. The highest BCUT2D eigenvalue weighted by molar-refractivity contribution is 5.27. The molecule has 0 saturated heterocycles. The third-order valence-electron chi connectivity index (χ3n) is 3.43. The van der Waals surface area contributed by atoms with Gasteiger partial charge in [0.1, 0.15) is 12.4 Å². The van der Waals surface area contributed by atoms with Gasteiger partial charge in [-0.2, -0.15) is 0 Å². The second-order valence-electron chi connectivity index (χ2n) is 6.17. The monoisotopic (exact) mass is 279 g/mol. The summed E-state index contributed by atoms with van der Waals surface area (Å²) in [7, 11) is 1.73. The van der Waals surface area contributed by atoms with Crippen LogP contribution in [0.5, 0.6) is 5.75 Å². The van der Waals surface area contributed by atoms with Gasteiger partial charge in [-0.25, -0.2) is 0 Å². The van der Waals surface area contributed by atoms with Crippen LogP contribution in [-0.4, -0.2) is 32.9 Å². The smallest absolute Gasteiger partial charge is 0.119 e.